The minimum atomic E-state index is -0.0865. The molecular formula is C25H21N3O2S. The van der Waals surface area contributed by atoms with Crippen LogP contribution >= 0.6 is 11.3 Å². The molecule has 2 amide bonds. The molecule has 0 radical (unpaired) electrons. The zero-order valence-corrected chi connectivity index (χ0v) is 17.6. The Kier molecular flexibility index (Phi) is 5.22. The van der Waals surface area contributed by atoms with E-state index in [1.807, 2.05) is 72.2 Å². The Hall–Kier alpha value is -3.51. The van der Waals surface area contributed by atoms with Crippen LogP contribution in [0.4, 0.5) is 5.69 Å². The van der Waals surface area contributed by atoms with Gasteiger partial charge in [-0.25, -0.2) is 0 Å². The van der Waals surface area contributed by atoms with Crippen LogP contribution in [-0.4, -0.2) is 16.8 Å². The number of anilines is 1. The van der Waals surface area contributed by atoms with Crippen molar-refractivity contribution in [3.63, 3.8) is 0 Å². The number of benzene rings is 2. The van der Waals surface area contributed by atoms with E-state index in [-0.39, 0.29) is 23.7 Å². The molecule has 1 fully saturated rings. The number of amides is 2. The van der Waals surface area contributed by atoms with Crippen LogP contribution in [0.5, 0.6) is 0 Å². The number of hydrogen-bond donors (Lipinski definition) is 2. The molecule has 2 N–H and O–H groups in total. The summed E-state index contributed by atoms with van der Waals surface area (Å²) in [7, 11) is 0. The van der Waals surface area contributed by atoms with Gasteiger partial charge >= 0.3 is 0 Å². The van der Waals surface area contributed by atoms with Gasteiger partial charge < -0.3 is 10.6 Å². The van der Waals surface area contributed by atoms with Crippen molar-refractivity contribution < 1.29 is 9.59 Å². The molecular weight excluding hydrogens is 406 g/mol. The highest BCUT2D eigenvalue weighted by Gasteiger charge is 2.43. The fraction of sp³-hybridized carbons (Fsp3) is 0.160. The van der Waals surface area contributed by atoms with Crippen LogP contribution < -0.4 is 10.6 Å². The van der Waals surface area contributed by atoms with Gasteiger partial charge in [-0.1, -0.05) is 24.3 Å². The van der Waals surface area contributed by atoms with Crippen LogP contribution in [0.15, 0.2) is 78.4 Å². The third-order valence-corrected chi connectivity index (χ3v) is 6.52. The molecule has 0 unspecified atom stereocenters. The summed E-state index contributed by atoms with van der Waals surface area (Å²) in [5.74, 6) is 0.118. The molecule has 1 aliphatic carbocycles. The summed E-state index contributed by atoms with van der Waals surface area (Å²) in [6.07, 6.45) is 4.38. The Morgan fingerprint density at radius 3 is 2.71 bits per heavy atom. The summed E-state index contributed by atoms with van der Waals surface area (Å²) in [4.78, 5) is 30.2. The SMILES string of the molecule is O=C(NCc1cccs1)c1ccc([C@@H]2C[C@H]2C(=O)Nc2ccc3cnccc3c2)cc1. The lowest BCUT2D eigenvalue weighted by molar-refractivity contribution is -0.117. The first-order chi connectivity index (χ1) is 15.2. The standard InChI is InChI=1S/C25H21N3O2S/c29-24(27-15-21-2-1-11-31-21)17-5-3-16(4-6-17)22-13-23(22)25(30)28-20-8-7-19-14-26-10-9-18(19)12-20/h1-12,14,22-23H,13,15H2,(H,27,29)(H,28,30)/t22-,23+/m0/s1. The van der Waals surface area contributed by atoms with Crippen LogP contribution in [0, 0.1) is 5.92 Å². The molecule has 0 spiro atoms. The first kappa shape index (κ1) is 19.5. The van der Waals surface area contributed by atoms with Crippen molar-refractivity contribution in [2.45, 2.75) is 18.9 Å². The number of thiophene rings is 1. The molecule has 1 saturated carbocycles. The average Bonchev–Trinajstić information content (AvgIpc) is 3.44. The van der Waals surface area contributed by atoms with Gasteiger partial charge in [-0.3, -0.25) is 14.6 Å². The smallest absolute Gasteiger partial charge is 0.251 e. The van der Waals surface area contributed by atoms with Gasteiger partial charge in [0.25, 0.3) is 5.91 Å². The van der Waals surface area contributed by atoms with E-state index in [0.29, 0.717) is 12.1 Å². The summed E-state index contributed by atoms with van der Waals surface area (Å²) in [6.45, 7) is 0.536. The molecule has 5 nitrogen and oxygen atoms in total. The van der Waals surface area contributed by atoms with Crippen molar-refractivity contribution in [2.24, 2.45) is 5.92 Å². The number of carbonyl (C=O) groups is 2. The van der Waals surface area contributed by atoms with E-state index >= 15 is 0 Å². The van der Waals surface area contributed by atoms with Crippen LogP contribution in [0.2, 0.25) is 0 Å². The predicted molar refractivity (Wildman–Crippen MR) is 123 cm³/mol. The molecule has 2 aromatic heterocycles. The first-order valence-corrected chi connectivity index (χ1v) is 11.1. The number of aromatic nitrogens is 1. The van der Waals surface area contributed by atoms with Crippen molar-refractivity contribution in [1.29, 1.82) is 0 Å². The van der Waals surface area contributed by atoms with Crippen LogP contribution in [0.1, 0.15) is 33.1 Å². The lowest BCUT2D eigenvalue weighted by Gasteiger charge is -2.07. The fourth-order valence-corrected chi connectivity index (χ4v) is 4.46. The number of hydrogen-bond acceptors (Lipinski definition) is 4. The molecule has 0 saturated heterocycles. The number of pyridine rings is 1. The van der Waals surface area contributed by atoms with E-state index in [1.165, 1.54) is 0 Å². The van der Waals surface area contributed by atoms with E-state index in [9.17, 15) is 9.59 Å². The molecule has 2 heterocycles. The van der Waals surface area contributed by atoms with Gasteiger partial charge in [0, 0.05) is 39.8 Å². The number of nitrogens with one attached hydrogen (secondary N) is 2. The fourth-order valence-electron chi connectivity index (χ4n) is 3.81. The van der Waals surface area contributed by atoms with Gasteiger partial charge in [-0.05, 0) is 65.1 Å². The molecule has 154 valence electrons. The van der Waals surface area contributed by atoms with E-state index in [4.69, 9.17) is 0 Å². The summed E-state index contributed by atoms with van der Waals surface area (Å²) in [6, 6.07) is 19.3. The topological polar surface area (TPSA) is 71.1 Å². The second-order valence-electron chi connectivity index (χ2n) is 7.76. The van der Waals surface area contributed by atoms with Crippen LogP contribution in [0.3, 0.4) is 0 Å². The van der Waals surface area contributed by atoms with Gasteiger partial charge in [-0.2, -0.15) is 0 Å². The summed E-state index contributed by atoms with van der Waals surface area (Å²) in [5.41, 5.74) is 2.53. The van der Waals surface area contributed by atoms with Crippen molar-refractivity contribution in [2.75, 3.05) is 5.32 Å². The van der Waals surface area contributed by atoms with Gasteiger partial charge in [0.1, 0.15) is 0 Å². The van der Waals surface area contributed by atoms with Crippen molar-refractivity contribution in [1.82, 2.24) is 10.3 Å². The molecule has 0 bridgehead atoms. The molecule has 4 aromatic rings. The molecule has 0 aliphatic heterocycles. The number of nitrogens with zero attached hydrogens (tertiary/aromatic N) is 1. The lowest BCUT2D eigenvalue weighted by Crippen LogP contribution is -2.22. The second-order valence-corrected chi connectivity index (χ2v) is 8.79. The Morgan fingerprint density at radius 2 is 1.90 bits per heavy atom. The zero-order chi connectivity index (χ0) is 21.2. The average molecular weight is 428 g/mol. The van der Waals surface area contributed by atoms with Gasteiger partial charge in [0.2, 0.25) is 5.91 Å². The van der Waals surface area contributed by atoms with E-state index in [2.05, 4.69) is 15.6 Å². The van der Waals surface area contributed by atoms with E-state index in [0.717, 1.165) is 33.3 Å². The molecule has 31 heavy (non-hydrogen) atoms. The van der Waals surface area contributed by atoms with Crippen LogP contribution in [0.25, 0.3) is 10.8 Å². The highest BCUT2D eigenvalue weighted by molar-refractivity contribution is 7.09. The normalized spacial score (nSPS) is 17.3. The van der Waals surface area contributed by atoms with Gasteiger partial charge in [0.05, 0.1) is 6.54 Å². The number of carbonyl (C=O) groups excluding carboxylic acids is 2. The maximum absolute atomic E-state index is 12.7. The van der Waals surface area contributed by atoms with E-state index < -0.39 is 0 Å². The Balaban J connectivity index is 1.18. The van der Waals surface area contributed by atoms with Crippen molar-refractivity contribution in [3.8, 4) is 0 Å². The van der Waals surface area contributed by atoms with Gasteiger partial charge in [0.15, 0.2) is 0 Å². The number of fused-ring (bicyclic) bond motifs is 1. The van der Waals surface area contributed by atoms with Gasteiger partial charge in [-0.15, -0.1) is 11.3 Å². The third kappa shape index (κ3) is 4.34. The number of rotatable bonds is 6. The molecule has 5 rings (SSSR count). The van der Waals surface area contributed by atoms with Crippen molar-refractivity contribution in [3.05, 3.63) is 94.4 Å². The van der Waals surface area contributed by atoms with Crippen molar-refractivity contribution >= 4 is 39.6 Å². The minimum Gasteiger partial charge on any atom is -0.347 e. The minimum absolute atomic E-state index is 0.0355. The quantitative estimate of drug-likeness (QED) is 0.456. The Morgan fingerprint density at radius 1 is 1.03 bits per heavy atom. The Labute approximate surface area is 184 Å². The maximum atomic E-state index is 12.7. The second kappa shape index (κ2) is 8.32. The molecule has 2 aromatic carbocycles. The highest BCUT2D eigenvalue weighted by Crippen LogP contribution is 2.48. The lowest BCUT2D eigenvalue weighted by atomic mass is 10.1. The summed E-state index contributed by atoms with van der Waals surface area (Å²) < 4.78 is 0. The monoisotopic (exact) mass is 427 g/mol. The highest BCUT2D eigenvalue weighted by atomic mass is 32.1. The van der Waals surface area contributed by atoms with E-state index in [1.54, 1.807) is 17.5 Å². The maximum Gasteiger partial charge on any atom is 0.251 e. The van der Waals surface area contributed by atoms with Crippen LogP contribution in [-0.2, 0) is 11.3 Å². The molecule has 6 heteroatoms. The molecule has 1 aliphatic rings. The first-order valence-electron chi connectivity index (χ1n) is 10.2. The molecule has 2 atom stereocenters. The summed E-state index contributed by atoms with van der Waals surface area (Å²) >= 11 is 1.62. The Bertz CT molecular complexity index is 1240. The largest absolute Gasteiger partial charge is 0.347 e. The predicted octanol–water partition coefficient (Wildman–Crippen LogP) is 4.97. The zero-order valence-electron chi connectivity index (χ0n) is 16.7. The third-order valence-electron chi connectivity index (χ3n) is 5.64. The summed E-state index contributed by atoms with van der Waals surface area (Å²) in [5, 5.41) is 10.1.